The summed E-state index contributed by atoms with van der Waals surface area (Å²) in [5.74, 6) is 1.47. The zero-order chi connectivity index (χ0) is 17.5. The van der Waals surface area contributed by atoms with Gasteiger partial charge >= 0.3 is 0 Å². The van der Waals surface area contributed by atoms with E-state index in [0.29, 0.717) is 31.3 Å². The molecule has 0 heterocycles. The lowest BCUT2D eigenvalue weighted by Crippen LogP contribution is -2.46. The van der Waals surface area contributed by atoms with E-state index in [0.717, 1.165) is 11.4 Å². The first kappa shape index (κ1) is 19.5. The maximum atomic E-state index is 12.9. The Morgan fingerprint density at radius 3 is 2.00 bits per heavy atom. The lowest BCUT2D eigenvalue weighted by molar-refractivity contribution is -0.142. The highest BCUT2D eigenvalue weighted by Crippen LogP contribution is 2.30. The third kappa shape index (κ3) is 5.87. The fraction of sp³-hybridized carbons (Fsp3) is 0.632. The summed E-state index contributed by atoms with van der Waals surface area (Å²) in [4.78, 5) is 12.9. The van der Waals surface area contributed by atoms with E-state index in [1.807, 2.05) is 31.2 Å². The van der Waals surface area contributed by atoms with Crippen LogP contribution in [0.3, 0.4) is 0 Å². The van der Waals surface area contributed by atoms with E-state index in [1.54, 1.807) is 7.11 Å². The second-order valence-corrected chi connectivity index (χ2v) is 6.81. The van der Waals surface area contributed by atoms with Crippen LogP contribution in [0.2, 0.25) is 0 Å². The number of hydrogen-bond acceptors (Lipinski definition) is 3. The second kappa shape index (κ2) is 8.92. The Balaban J connectivity index is 2.91. The van der Waals surface area contributed by atoms with Crippen molar-refractivity contribution in [1.29, 1.82) is 0 Å². The molecule has 0 atom stereocenters. The SMILES string of the molecule is CCOc1ccc(NC(=O)C(CC(C)C)(CC(C)C)OC)cc1. The first-order valence-corrected chi connectivity index (χ1v) is 8.42. The van der Waals surface area contributed by atoms with Crippen LogP contribution >= 0.6 is 0 Å². The van der Waals surface area contributed by atoms with Gasteiger partial charge in [0.2, 0.25) is 0 Å². The van der Waals surface area contributed by atoms with Crippen molar-refractivity contribution in [3.05, 3.63) is 24.3 Å². The zero-order valence-electron chi connectivity index (χ0n) is 15.3. The maximum Gasteiger partial charge on any atom is 0.256 e. The minimum atomic E-state index is -0.791. The molecule has 23 heavy (non-hydrogen) atoms. The monoisotopic (exact) mass is 321 g/mol. The molecule has 0 spiro atoms. The number of methoxy groups -OCH3 is 1. The van der Waals surface area contributed by atoms with Crippen molar-refractivity contribution in [3.63, 3.8) is 0 Å². The Morgan fingerprint density at radius 2 is 1.61 bits per heavy atom. The fourth-order valence-electron chi connectivity index (χ4n) is 2.89. The highest BCUT2D eigenvalue weighted by Gasteiger charge is 2.39. The molecule has 0 fully saturated rings. The van der Waals surface area contributed by atoms with Crippen molar-refractivity contribution >= 4 is 11.6 Å². The molecule has 1 amide bonds. The average molecular weight is 321 g/mol. The topological polar surface area (TPSA) is 47.6 Å². The highest BCUT2D eigenvalue weighted by atomic mass is 16.5. The molecule has 0 aromatic heterocycles. The smallest absolute Gasteiger partial charge is 0.256 e. The quantitative estimate of drug-likeness (QED) is 0.728. The molecule has 1 rings (SSSR count). The molecular formula is C19H31NO3. The number of nitrogens with one attached hydrogen (secondary N) is 1. The summed E-state index contributed by atoms with van der Waals surface area (Å²) in [5, 5.41) is 2.99. The highest BCUT2D eigenvalue weighted by molar-refractivity contribution is 5.97. The van der Waals surface area contributed by atoms with Crippen LogP contribution in [0, 0.1) is 11.8 Å². The predicted octanol–water partition coefficient (Wildman–Crippen LogP) is 4.50. The molecule has 0 bridgehead atoms. The predicted molar refractivity (Wildman–Crippen MR) is 94.9 cm³/mol. The maximum absolute atomic E-state index is 12.9. The summed E-state index contributed by atoms with van der Waals surface area (Å²) in [6.45, 7) is 11.0. The summed E-state index contributed by atoms with van der Waals surface area (Å²) in [6.07, 6.45) is 1.40. The number of carbonyl (C=O) groups excluding carboxylic acids is 1. The van der Waals surface area contributed by atoms with E-state index in [9.17, 15) is 4.79 Å². The van der Waals surface area contributed by atoms with Crippen LogP contribution in [0.1, 0.15) is 47.5 Å². The molecule has 4 nitrogen and oxygen atoms in total. The van der Waals surface area contributed by atoms with Crippen LogP contribution in [0.15, 0.2) is 24.3 Å². The van der Waals surface area contributed by atoms with Gasteiger partial charge < -0.3 is 14.8 Å². The zero-order valence-corrected chi connectivity index (χ0v) is 15.3. The Hall–Kier alpha value is -1.55. The fourth-order valence-corrected chi connectivity index (χ4v) is 2.89. The van der Waals surface area contributed by atoms with Crippen LogP contribution in [-0.2, 0) is 9.53 Å². The van der Waals surface area contributed by atoms with Gasteiger partial charge in [-0.15, -0.1) is 0 Å². The third-order valence-corrected chi connectivity index (χ3v) is 3.70. The molecule has 0 aliphatic heterocycles. The lowest BCUT2D eigenvalue weighted by Gasteiger charge is -2.34. The van der Waals surface area contributed by atoms with E-state index in [1.165, 1.54) is 0 Å². The standard InChI is InChI=1S/C19H31NO3/c1-7-23-17-10-8-16(9-11-17)20-18(21)19(22-6,12-14(2)3)13-15(4)5/h8-11,14-15H,7,12-13H2,1-6H3,(H,20,21). The van der Waals surface area contributed by atoms with E-state index in [2.05, 4.69) is 33.0 Å². The Bertz CT molecular complexity index is 470. The van der Waals surface area contributed by atoms with Crippen LogP contribution in [0.25, 0.3) is 0 Å². The molecule has 1 N–H and O–H groups in total. The van der Waals surface area contributed by atoms with Crippen molar-refractivity contribution in [2.75, 3.05) is 19.0 Å². The Morgan fingerprint density at radius 1 is 1.09 bits per heavy atom. The molecule has 0 saturated heterocycles. The van der Waals surface area contributed by atoms with Crippen molar-refractivity contribution in [3.8, 4) is 5.75 Å². The Labute approximate surface area is 140 Å². The largest absolute Gasteiger partial charge is 0.494 e. The molecule has 4 heteroatoms. The number of carbonyl (C=O) groups is 1. The third-order valence-electron chi connectivity index (χ3n) is 3.70. The number of rotatable bonds is 9. The van der Waals surface area contributed by atoms with Gasteiger partial charge in [0.05, 0.1) is 6.61 Å². The van der Waals surface area contributed by atoms with Crippen molar-refractivity contribution in [2.24, 2.45) is 11.8 Å². The molecule has 0 saturated carbocycles. The molecule has 130 valence electrons. The van der Waals surface area contributed by atoms with Gasteiger partial charge in [-0.05, 0) is 55.9 Å². The van der Waals surface area contributed by atoms with Gasteiger partial charge in [0, 0.05) is 12.8 Å². The van der Waals surface area contributed by atoms with Crippen LogP contribution in [0.5, 0.6) is 5.75 Å². The van der Waals surface area contributed by atoms with Crippen LogP contribution < -0.4 is 10.1 Å². The summed E-state index contributed by atoms with van der Waals surface area (Å²) in [7, 11) is 1.63. The number of benzene rings is 1. The first-order chi connectivity index (χ1) is 10.8. The summed E-state index contributed by atoms with van der Waals surface area (Å²) >= 11 is 0. The Kier molecular flexibility index (Phi) is 7.56. The van der Waals surface area contributed by atoms with Gasteiger partial charge in [-0.1, -0.05) is 27.7 Å². The van der Waals surface area contributed by atoms with Gasteiger partial charge in [-0.25, -0.2) is 0 Å². The molecule has 0 unspecified atom stereocenters. The van der Waals surface area contributed by atoms with Gasteiger partial charge in [-0.3, -0.25) is 4.79 Å². The minimum Gasteiger partial charge on any atom is -0.494 e. The van der Waals surface area contributed by atoms with Gasteiger partial charge in [0.15, 0.2) is 0 Å². The van der Waals surface area contributed by atoms with Crippen molar-refractivity contribution < 1.29 is 14.3 Å². The van der Waals surface area contributed by atoms with Crippen LogP contribution in [0.4, 0.5) is 5.69 Å². The molecule has 1 aromatic carbocycles. The second-order valence-electron chi connectivity index (χ2n) is 6.81. The van der Waals surface area contributed by atoms with E-state index >= 15 is 0 Å². The first-order valence-electron chi connectivity index (χ1n) is 8.42. The number of anilines is 1. The molecule has 0 radical (unpaired) electrons. The minimum absolute atomic E-state index is 0.0773. The molecule has 0 aliphatic carbocycles. The normalized spacial score (nSPS) is 11.8. The molecule has 1 aromatic rings. The summed E-state index contributed by atoms with van der Waals surface area (Å²) in [6, 6.07) is 7.43. The lowest BCUT2D eigenvalue weighted by atomic mass is 9.84. The molecule has 0 aliphatic rings. The van der Waals surface area contributed by atoms with E-state index < -0.39 is 5.60 Å². The van der Waals surface area contributed by atoms with Gasteiger partial charge in [-0.2, -0.15) is 0 Å². The number of ether oxygens (including phenoxy) is 2. The van der Waals surface area contributed by atoms with E-state index in [4.69, 9.17) is 9.47 Å². The number of hydrogen-bond donors (Lipinski definition) is 1. The average Bonchev–Trinajstić information content (AvgIpc) is 2.47. The summed E-state index contributed by atoms with van der Waals surface area (Å²) in [5.41, 5.74) is -0.0339. The van der Waals surface area contributed by atoms with Crippen molar-refractivity contribution in [2.45, 2.75) is 53.1 Å². The summed E-state index contributed by atoms with van der Waals surface area (Å²) < 4.78 is 11.1. The molecular weight excluding hydrogens is 290 g/mol. The van der Waals surface area contributed by atoms with Gasteiger partial charge in [0.1, 0.15) is 11.4 Å². The van der Waals surface area contributed by atoms with E-state index in [-0.39, 0.29) is 5.91 Å². The van der Waals surface area contributed by atoms with Gasteiger partial charge in [0.25, 0.3) is 5.91 Å². The van der Waals surface area contributed by atoms with Crippen molar-refractivity contribution in [1.82, 2.24) is 0 Å². The number of amides is 1. The van der Waals surface area contributed by atoms with Crippen LogP contribution in [-0.4, -0.2) is 25.2 Å².